The van der Waals surface area contributed by atoms with Crippen molar-refractivity contribution in [3.05, 3.63) is 30.6 Å². The summed E-state index contributed by atoms with van der Waals surface area (Å²) in [6, 6.07) is 6.17. The summed E-state index contributed by atoms with van der Waals surface area (Å²) >= 11 is 0. The summed E-state index contributed by atoms with van der Waals surface area (Å²) in [4.78, 5) is 6.68. The standard InChI is InChI=1S/C13H18N4/c1-16-7-5-11(10-16)9-15-13-4-2-3-12-14-6-8-17(12)13/h2-4,6,8,11,15H,5,7,9-10H2,1H3. The van der Waals surface area contributed by atoms with Gasteiger partial charge in [0.05, 0.1) is 0 Å². The van der Waals surface area contributed by atoms with E-state index < -0.39 is 0 Å². The number of nitrogens with one attached hydrogen (secondary N) is 1. The molecule has 1 aliphatic rings. The second-order valence-corrected chi connectivity index (χ2v) is 4.86. The van der Waals surface area contributed by atoms with E-state index in [1.54, 1.807) is 0 Å². The first-order valence-corrected chi connectivity index (χ1v) is 6.17. The normalized spacial score (nSPS) is 21.1. The van der Waals surface area contributed by atoms with Gasteiger partial charge in [0, 0.05) is 25.5 Å². The topological polar surface area (TPSA) is 32.6 Å². The second kappa shape index (κ2) is 4.37. The molecule has 90 valence electrons. The summed E-state index contributed by atoms with van der Waals surface area (Å²) in [5, 5.41) is 3.53. The van der Waals surface area contributed by atoms with Crippen LogP contribution < -0.4 is 5.32 Å². The van der Waals surface area contributed by atoms with Crippen molar-refractivity contribution in [1.82, 2.24) is 14.3 Å². The molecule has 0 aliphatic carbocycles. The number of anilines is 1. The van der Waals surface area contributed by atoms with Gasteiger partial charge in [-0.25, -0.2) is 4.98 Å². The maximum atomic E-state index is 4.29. The Labute approximate surface area is 101 Å². The van der Waals surface area contributed by atoms with Crippen LogP contribution in [0.15, 0.2) is 30.6 Å². The summed E-state index contributed by atoms with van der Waals surface area (Å²) in [5.41, 5.74) is 0.999. The van der Waals surface area contributed by atoms with Crippen LogP contribution in [0, 0.1) is 5.92 Å². The van der Waals surface area contributed by atoms with E-state index in [0.29, 0.717) is 0 Å². The third-order valence-corrected chi connectivity index (χ3v) is 3.49. The minimum absolute atomic E-state index is 0.763. The zero-order valence-corrected chi connectivity index (χ0v) is 10.1. The van der Waals surface area contributed by atoms with Gasteiger partial charge in [-0.05, 0) is 38.1 Å². The molecular formula is C13H18N4. The van der Waals surface area contributed by atoms with Crippen molar-refractivity contribution in [2.24, 2.45) is 5.92 Å². The van der Waals surface area contributed by atoms with E-state index in [2.05, 4.69) is 32.7 Å². The summed E-state index contributed by atoms with van der Waals surface area (Å²) in [7, 11) is 2.19. The van der Waals surface area contributed by atoms with Gasteiger partial charge in [-0.2, -0.15) is 0 Å². The summed E-state index contributed by atoms with van der Waals surface area (Å²) in [6.45, 7) is 3.47. The lowest BCUT2D eigenvalue weighted by molar-refractivity contribution is 0.399. The number of nitrogens with zero attached hydrogens (tertiary/aromatic N) is 3. The van der Waals surface area contributed by atoms with E-state index in [9.17, 15) is 0 Å². The Kier molecular flexibility index (Phi) is 2.73. The molecule has 0 bridgehead atoms. The first-order valence-electron chi connectivity index (χ1n) is 6.17. The van der Waals surface area contributed by atoms with E-state index in [1.165, 1.54) is 19.5 Å². The fourth-order valence-corrected chi connectivity index (χ4v) is 2.53. The summed E-state index contributed by atoms with van der Waals surface area (Å²) in [6.07, 6.45) is 5.13. The molecule has 1 aliphatic heterocycles. The lowest BCUT2D eigenvalue weighted by Crippen LogP contribution is -2.19. The fraction of sp³-hybridized carbons (Fsp3) is 0.462. The number of aromatic nitrogens is 2. The van der Waals surface area contributed by atoms with E-state index in [0.717, 1.165) is 23.9 Å². The predicted octanol–water partition coefficient (Wildman–Crippen LogP) is 1.70. The van der Waals surface area contributed by atoms with E-state index >= 15 is 0 Å². The molecule has 3 heterocycles. The van der Waals surface area contributed by atoms with Crippen LogP contribution in [0.1, 0.15) is 6.42 Å². The van der Waals surface area contributed by atoms with Crippen LogP contribution in [0.5, 0.6) is 0 Å². The van der Waals surface area contributed by atoms with E-state index in [1.807, 2.05) is 24.5 Å². The highest BCUT2D eigenvalue weighted by Crippen LogP contribution is 2.16. The van der Waals surface area contributed by atoms with Crippen molar-refractivity contribution in [1.29, 1.82) is 0 Å². The largest absolute Gasteiger partial charge is 0.371 e. The van der Waals surface area contributed by atoms with Gasteiger partial charge in [0.15, 0.2) is 0 Å². The predicted molar refractivity (Wildman–Crippen MR) is 69.3 cm³/mol. The zero-order chi connectivity index (χ0) is 11.7. The molecule has 1 N–H and O–H groups in total. The Morgan fingerprint density at radius 2 is 2.41 bits per heavy atom. The van der Waals surface area contributed by atoms with E-state index in [-0.39, 0.29) is 0 Å². The molecule has 1 fully saturated rings. The Balaban J connectivity index is 1.70. The fourth-order valence-electron chi connectivity index (χ4n) is 2.53. The van der Waals surface area contributed by atoms with Gasteiger partial charge in [-0.3, -0.25) is 4.40 Å². The molecule has 2 aromatic heterocycles. The van der Waals surface area contributed by atoms with Crippen molar-refractivity contribution in [2.75, 3.05) is 32.0 Å². The maximum Gasteiger partial charge on any atom is 0.138 e. The highest BCUT2D eigenvalue weighted by Gasteiger charge is 2.19. The molecule has 1 unspecified atom stereocenters. The highest BCUT2D eigenvalue weighted by molar-refractivity contribution is 5.49. The Morgan fingerprint density at radius 1 is 1.47 bits per heavy atom. The van der Waals surface area contributed by atoms with Crippen molar-refractivity contribution in [3.8, 4) is 0 Å². The van der Waals surface area contributed by atoms with Crippen LogP contribution in [0.3, 0.4) is 0 Å². The molecule has 2 aromatic rings. The molecule has 0 amide bonds. The molecule has 17 heavy (non-hydrogen) atoms. The molecule has 1 saturated heterocycles. The van der Waals surface area contributed by atoms with Crippen LogP contribution in [0.25, 0.3) is 5.65 Å². The zero-order valence-electron chi connectivity index (χ0n) is 10.1. The van der Waals surface area contributed by atoms with Crippen LogP contribution in [-0.2, 0) is 0 Å². The number of fused-ring (bicyclic) bond motifs is 1. The van der Waals surface area contributed by atoms with Gasteiger partial charge >= 0.3 is 0 Å². The van der Waals surface area contributed by atoms with Gasteiger partial charge in [0.1, 0.15) is 11.5 Å². The van der Waals surface area contributed by atoms with Gasteiger partial charge in [0.25, 0.3) is 0 Å². The third kappa shape index (κ3) is 2.13. The van der Waals surface area contributed by atoms with Gasteiger partial charge in [0.2, 0.25) is 0 Å². The first-order chi connectivity index (χ1) is 8.33. The second-order valence-electron chi connectivity index (χ2n) is 4.86. The maximum absolute atomic E-state index is 4.29. The van der Waals surface area contributed by atoms with Crippen LogP contribution in [-0.4, -0.2) is 41.0 Å². The van der Waals surface area contributed by atoms with Crippen LogP contribution in [0.4, 0.5) is 5.82 Å². The molecule has 1 atom stereocenters. The average molecular weight is 230 g/mol. The lowest BCUT2D eigenvalue weighted by Gasteiger charge is -2.13. The SMILES string of the molecule is CN1CCC(CNc2cccc3nccn23)C1. The molecular weight excluding hydrogens is 212 g/mol. The third-order valence-electron chi connectivity index (χ3n) is 3.49. The number of hydrogen-bond donors (Lipinski definition) is 1. The number of likely N-dealkylation sites (tertiary alicyclic amines) is 1. The van der Waals surface area contributed by atoms with Crippen LogP contribution in [0.2, 0.25) is 0 Å². The molecule has 4 nitrogen and oxygen atoms in total. The summed E-state index contributed by atoms with van der Waals surface area (Å²) < 4.78 is 2.10. The number of pyridine rings is 1. The molecule has 4 heteroatoms. The highest BCUT2D eigenvalue weighted by atomic mass is 15.1. The molecule has 3 rings (SSSR count). The monoisotopic (exact) mass is 230 g/mol. The number of imidazole rings is 1. The van der Waals surface area contributed by atoms with Gasteiger partial charge < -0.3 is 10.2 Å². The first kappa shape index (κ1) is 10.6. The molecule has 0 saturated carbocycles. The smallest absolute Gasteiger partial charge is 0.138 e. The average Bonchev–Trinajstić information content (AvgIpc) is 2.94. The van der Waals surface area contributed by atoms with Crippen molar-refractivity contribution in [2.45, 2.75) is 6.42 Å². The van der Waals surface area contributed by atoms with Crippen molar-refractivity contribution in [3.63, 3.8) is 0 Å². The van der Waals surface area contributed by atoms with Crippen molar-refractivity contribution < 1.29 is 0 Å². The quantitative estimate of drug-likeness (QED) is 0.871. The summed E-state index contributed by atoms with van der Waals surface area (Å²) in [5.74, 6) is 1.90. The molecule has 0 aromatic carbocycles. The number of rotatable bonds is 3. The van der Waals surface area contributed by atoms with Crippen LogP contribution >= 0.6 is 0 Å². The molecule has 0 spiro atoms. The van der Waals surface area contributed by atoms with Gasteiger partial charge in [-0.1, -0.05) is 6.07 Å². The molecule has 0 radical (unpaired) electrons. The van der Waals surface area contributed by atoms with E-state index in [4.69, 9.17) is 0 Å². The minimum atomic E-state index is 0.763. The lowest BCUT2D eigenvalue weighted by atomic mass is 10.1. The Morgan fingerprint density at radius 3 is 3.24 bits per heavy atom. The Bertz CT molecular complexity index is 505. The van der Waals surface area contributed by atoms with Crippen molar-refractivity contribution >= 4 is 11.5 Å². The Hall–Kier alpha value is -1.55. The minimum Gasteiger partial charge on any atom is -0.371 e. The number of hydrogen-bond acceptors (Lipinski definition) is 3. The van der Waals surface area contributed by atoms with Gasteiger partial charge in [-0.15, -0.1) is 0 Å².